The van der Waals surface area contributed by atoms with Crippen molar-refractivity contribution < 1.29 is 9.53 Å². The summed E-state index contributed by atoms with van der Waals surface area (Å²) in [5.74, 6) is 0. The lowest BCUT2D eigenvalue weighted by atomic mass is 10.5. The van der Waals surface area contributed by atoms with E-state index in [9.17, 15) is 4.79 Å². The van der Waals surface area contributed by atoms with Crippen molar-refractivity contribution in [3.05, 3.63) is 24.8 Å². The fourth-order valence-electron chi connectivity index (χ4n) is 0.234. The molecule has 0 spiro atoms. The first-order valence-corrected chi connectivity index (χ1v) is 2.18. The lowest BCUT2D eigenvalue weighted by Gasteiger charge is -1.82. The van der Waals surface area contributed by atoms with Crippen molar-refractivity contribution in [3.63, 3.8) is 0 Å². The Labute approximate surface area is 48.5 Å². The summed E-state index contributed by atoms with van der Waals surface area (Å²) >= 11 is 0. The highest BCUT2D eigenvalue weighted by molar-refractivity contribution is 5.38. The fourth-order valence-corrected chi connectivity index (χ4v) is 0.234. The summed E-state index contributed by atoms with van der Waals surface area (Å²) in [5.41, 5.74) is 0. The highest BCUT2D eigenvalue weighted by Crippen LogP contribution is 1.72. The van der Waals surface area contributed by atoms with E-state index in [-0.39, 0.29) is 6.61 Å². The summed E-state index contributed by atoms with van der Waals surface area (Å²) < 4.78 is 4.20. The summed E-state index contributed by atoms with van der Waals surface area (Å²) in [7, 11) is 0. The van der Waals surface area contributed by atoms with Crippen molar-refractivity contribution in [2.45, 2.75) is 0 Å². The van der Waals surface area contributed by atoms with Gasteiger partial charge in [0.1, 0.15) is 6.61 Å². The Morgan fingerprint density at radius 3 is 3.00 bits per heavy atom. The molecule has 1 radical (unpaired) electrons. The van der Waals surface area contributed by atoms with Gasteiger partial charge >= 0.3 is 6.47 Å². The third-order valence-electron chi connectivity index (χ3n) is 0.511. The average molecular weight is 111 g/mol. The topological polar surface area (TPSA) is 26.3 Å². The van der Waals surface area contributed by atoms with Crippen LogP contribution in [0.3, 0.4) is 0 Å². The Bertz CT molecular complexity index is 94.7. The number of hydrogen-bond donors (Lipinski definition) is 0. The van der Waals surface area contributed by atoms with Crippen LogP contribution >= 0.6 is 0 Å². The van der Waals surface area contributed by atoms with Crippen LogP contribution in [-0.4, -0.2) is 13.1 Å². The van der Waals surface area contributed by atoms with Gasteiger partial charge in [-0.2, -0.15) is 0 Å². The Morgan fingerprint density at radius 2 is 2.50 bits per heavy atom. The first-order chi connectivity index (χ1) is 3.91. The zero-order valence-electron chi connectivity index (χ0n) is 4.46. The number of ether oxygens (including phenoxy) is 1. The Kier molecular flexibility index (Phi) is 5.17. The predicted octanol–water partition coefficient (Wildman–Crippen LogP) is 0.812. The Hall–Kier alpha value is -1.05. The third-order valence-corrected chi connectivity index (χ3v) is 0.511. The van der Waals surface area contributed by atoms with Crippen molar-refractivity contribution in [1.29, 1.82) is 0 Å². The summed E-state index contributed by atoms with van der Waals surface area (Å²) in [6.45, 7) is 4.98. The first kappa shape index (κ1) is 6.95. The van der Waals surface area contributed by atoms with Crippen LogP contribution < -0.4 is 0 Å². The maximum Gasteiger partial charge on any atom is 0.417 e. The lowest BCUT2D eigenvalue weighted by Crippen LogP contribution is -1.84. The van der Waals surface area contributed by atoms with Crippen LogP contribution in [0, 0.1) is 0 Å². The van der Waals surface area contributed by atoms with Gasteiger partial charge in [-0.25, -0.2) is 4.79 Å². The molecule has 8 heavy (non-hydrogen) atoms. The number of carbonyl (C=O) groups excluding carboxylic acids is 1. The molecule has 0 aromatic rings. The SMILES string of the molecule is C=C/C=C/CO[C]=O. The molecule has 43 valence electrons. The smallest absolute Gasteiger partial charge is 0.417 e. The third kappa shape index (κ3) is 4.95. The number of hydrogen-bond acceptors (Lipinski definition) is 2. The second-order valence-electron chi connectivity index (χ2n) is 1.06. The van der Waals surface area contributed by atoms with Gasteiger partial charge in [-0.3, -0.25) is 0 Å². The van der Waals surface area contributed by atoms with E-state index in [4.69, 9.17) is 0 Å². The molecule has 0 saturated carbocycles. The van der Waals surface area contributed by atoms with Crippen LogP contribution in [0.2, 0.25) is 0 Å². The average Bonchev–Trinajstić information content (AvgIpc) is 1.81. The Balaban J connectivity index is 3.02. The van der Waals surface area contributed by atoms with Gasteiger partial charge in [0.15, 0.2) is 0 Å². The van der Waals surface area contributed by atoms with Gasteiger partial charge in [0.25, 0.3) is 0 Å². The zero-order chi connectivity index (χ0) is 6.24. The van der Waals surface area contributed by atoms with E-state index in [1.807, 2.05) is 0 Å². The summed E-state index contributed by atoms with van der Waals surface area (Å²) in [6.07, 6.45) is 4.96. The first-order valence-electron chi connectivity index (χ1n) is 2.18. The maximum absolute atomic E-state index is 9.36. The van der Waals surface area contributed by atoms with E-state index >= 15 is 0 Å². The van der Waals surface area contributed by atoms with Gasteiger partial charge in [0, 0.05) is 0 Å². The minimum Gasteiger partial charge on any atom is -0.453 e. The van der Waals surface area contributed by atoms with E-state index in [0.717, 1.165) is 0 Å². The van der Waals surface area contributed by atoms with Gasteiger partial charge in [-0.05, 0) is 6.08 Å². The molecule has 0 saturated heterocycles. The molecule has 0 bridgehead atoms. The molecule has 0 aliphatic heterocycles. The second-order valence-corrected chi connectivity index (χ2v) is 1.06. The highest BCUT2D eigenvalue weighted by Gasteiger charge is 1.71. The van der Waals surface area contributed by atoms with Gasteiger partial charge < -0.3 is 4.74 Å². The van der Waals surface area contributed by atoms with Crippen LogP contribution in [0.15, 0.2) is 24.8 Å². The van der Waals surface area contributed by atoms with Crippen LogP contribution in [-0.2, 0) is 9.53 Å². The van der Waals surface area contributed by atoms with Crippen molar-refractivity contribution in [2.24, 2.45) is 0 Å². The molecule has 0 N–H and O–H groups in total. The second kappa shape index (κ2) is 5.95. The molecule has 0 rings (SSSR count). The van der Waals surface area contributed by atoms with Crippen LogP contribution in [0.25, 0.3) is 0 Å². The summed E-state index contributed by atoms with van der Waals surface area (Å²) in [5, 5.41) is 0. The predicted molar refractivity (Wildman–Crippen MR) is 31.0 cm³/mol. The van der Waals surface area contributed by atoms with E-state index in [0.29, 0.717) is 0 Å². The molecule has 0 atom stereocenters. The van der Waals surface area contributed by atoms with E-state index in [1.165, 1.54) is 6.47 Å². The van der Waals surface area contributed by atoms with Gasteiger partial charge in [0.05, 0.1) is 0 Å². The van der Waals surface area contributed by atoms with E-state index < -0.39 is 0 Å². The molecule has 0 heterocycles. The van der Waals surface area contributed by atoms with E-state index in [1.54, 1.807) is 18.2 Å². The normalized spacial score (nSPS) is 9.00. The summed E-state index contributed by atoms with van der Waals surface area (Å²) in [6, 6.07) is 0. The van der Waals surface area contributed by atoms with Crippen LogP contribution in [0.5, 0.6) is 0 Å². The molecule has 0 aliphatic carbocycles. The monoisotopic (exact) mass is 111 g/mol. The molecular formula is C6H7O2. The fraction of sp³-hybridized carbons (Fsp3) is 0.167. The number of allylic oxidation sites excluding steroid dienone is 2. The molecule has 0 fully saturated rings. The molecular weight excluding hydrogens is 104 g/mol. The molecule has 2 heteroatoms. The van der Waals surface area contributed by atoms with Crippen molar-refractivity contribution in [3.8, 4) is 0 Å². The lowest BCUT2D eigenvalue weighted by molar-refractivity contribution is 0.314. The zero-order valence-corrected chi connectivity index (χ0v) is 4.46. The van der Waals surface area contributed by atoms with Crippen molar-refractivity contribution >= 4 is 6.47 Å². The van der Waals surface area contributed by atoms with E-state index in [2.05, 4.69) is 11.3 Å². The van der Waals surface area contributed by atoms with Gasteiger partial charge in [-0.1, -0.05) is 18.7 Å². The molecule has 0 amide bonds. The van der Waals surface area contributed by atoms with Crippen LogP contribution in [0.1, 0.15) is 0 Å². The van der Waals surface area contributed by atoms with Crippen molar-refractivity contribution in [1.82, 2.24) is 0 Å². The van der Waals surface area contributed by atoms with Gasteiger partial charge in [0.2, 0.25) is 0 Å². The highest BCUT2D eigenvalue weighted by atomic mass is 16.5. The quantitative estimate of drug-likeness (QED) is 0.396. The maximum atomic E-state index is 9.36. The summed E-state index contributed by atoms with van der Waals surface area (Å²) in [4.78, 5) is 9.36. The van der Waals surface area contributed by atoms with Gasteiger partial charge in [-0.15, -0.1) is 0 Å². The van der Waals surface area contributed by atoms with Crippen molar-refractivity contribution in [2.75, 3.05) is 6.61 Å². The molecule has 0 unspecified atom stereocenters. The van der Waals surface area contributed by atoms with Crippen LogP contribution in [0.4, 0.5) is 0 Å². The number of rotatable bonds is 4. The standard InChI is InChI=1S/C6H7O2/c1-2-3-4-5-8-6-7/h2-4H,1,5H2/b4-3+. The minimum absolute atomic E-state index is 0.273. The molecule has 0 aromatic carbocycles. The molecule has 0 aliphatic rings. The molecule has 2 nitrogen and oxygen atoms in total. The largest absolute Gasteiger partial charge is 0.453 e. The minimum atomic E-state index is 0.273. The molecule has 0 aromatic heterocycles. The Morgan fingerprint density at radius 1 is 1.75 bits per heavy atom.